The van der Waals surface area contributed by atoms with Gasteiger partial charge in [-0.25, -0.2) is 9.59 Å². The number of rotatable bonds is 5. The number of ketones is 1. The Morgan fingerprint density at radius 2 is 1.85 bits per heavy atom. The molecule has 0 unspecified atom stereocenters. The van der Waals surface area contributed by atoms with Crippen LogP contribution in [0.3, 0.4) is 0 Å². The lowest BCUT2D eigenvalue weighted by Gasteiger charge is -2.24. The Morgan fingerprint density at radius 3 is 2.41 bits per heavy atom. The van der Waals surface area contributed by atoms with Crippen LogP contribution in [0, 0.1) is 5.21 Å². The Morgan fingerprint density at radius 1 is 1.22 bits per heavy atom. The Hall–Kier alpha value is -3.30. The van der Waals surface area contributed by atoms with Crippen LogP contribution in [-0.2, 0) is 23.9 Å². The number of fused-ring (bicyclic) bond motifs is 3. The average molecular weight is 379 g/mol. The number of hydrogen-bond acceptors (Lipinski definition) is 9. The molecule has 10 heteroatoms. The first-order valence-electron chi connectivity index (χ1n) is 7.96. The minimum Gasteiger partial charge on any atom is -0.493 e. The van der Waals surface area contributed by atoms with Crippen LogP contribution in [0.5, 0.6) is 11.5 Å². The Labute approximate surface area is 153 Å². The van der Waals surface area contributed by atoms with Crippen molar-refractivity contribution >= 4 is 23.4 Å². The lowest BCUT2D eigenvalue weighted by Crippen LogP contribution is -2.50. The van der Waals surface area contributed by atoms with E-state index in [0.717, 1.165) is 7.11 Å². The molecule has 0 bridgehead atoms. The maximum atomic E-state index is 13.1. The van der Waals surface area contributed by atoms with Crippen LogP contribution in [0.25, 0.3) is 0 Å². The topological polar surface area (TPSA) is 123 Å². The molecule has 1 aliphatic heterocycles. The molecular formula is C17H17NO9. The number of nitrogens with zero attached hydrogens (tertiary/aromatic N) is 1. The van der Waals surface area contributed by atoms with Gasteiger partial charge in [0.05, 0.1) is 32.8 Å². The van der Waals surface area contributed by atoms with Crippen LogP contribution in [0.15, 0.2) is 12.1 Å². The lowest BCUT2D eigenvalue weighted by atomic mass is 9.84. The van der Waals surface area contributed by atoms with Crippen molar-refractivity contribution in [3.8, 4) is 11.5 Å². The molecule has 27 heavy (non-hydrogen) atoms. The summed E-state index contributed by atoms with van der Waals surface area (Å²) < 4.78 is 20.0. The van der Waals surface area contributed by atoms with Crippen molar-refractivity contribution in [3.63, 3.8) is 0 Å². The van der Waals surface area contributed by atoms with Gasteiger partial charge in [-0.15, -0.1) is 0 Å². The SMILES string of the molecule is CCOC(=O)[C@@]12O[N+]([O-])=C(C(=O)OC)[C@@H]1c1cc(OC)c(OC)cc1C2=O. The average Bonchev–Trinajstić information content (AvgIpc) is 3.10. The van der Waals surface area contributed by atoms with Crippen molar-refractivity contribution in [2.24, 2.45) is 0 Å². The van der Waals surface area contributed by atoms with E-state index in [9.17, 15) is 19.6 Å². The van der Waals surface area contributed by atoms with Gasteiger partial charge in [-0.2, -0.15) is 0 Å². The van der Waals surface area contributed by atoms with E-state index in [1.807, 2.05) is 0 Å². The number of Topliss-reactive ketones (excluding diaryl/α,β-unsaturated/α-hetero) is 1. The molecule has 3 rings (SSSR count). The number of carbonyl (C=O) groups excluding carboxylic acids is 3. The van der Waals surface area contributed by atoms with Crippen molar-refractivity contribution in [1.82, 2.24) is 0 Å². The standard InChI is InChI=1S/C17H17NO9/c1-5-26-16(21)17-12(13(15(20)25-4)18(22)27-17)8-6-10(23-2)11(24-3)7-9(8)14(17)19/h6-7,12H,5H2,1-4H3/t12-,17+/m0/s1. The monoisotopic (exact) mass is 379 g/mol. The van der Waals surface area contributed by atoms with Gasteiger partial charge in [0.1, 0.15) is 5.92 Å². The van der Waals surface area contributed by atoms with E-state index in [-0.39, 0.29) is 34.1 Å². The van der Waals surface area contributed by atoms with Crippen LogP contribution < -0.4 is 9.47 Å². The molecule has 1 heterocycles. The molecule has 10 nitrogen and oxygen atoms in total. The van der Waals surface area contributed by atoms with Gasteiger partial charge in [0, 0.05) is 5.56 Å². The summed E-state index contributed by atoms with van der Waals surface area (Å²) >= 11 is 0. The zero-order valence-electron chi connectivity index (χ0n) is 15.1. The van der Waals surface area contributed by atoms with Gasteiger partial charge < -0.3 is 23.8 Å². The second-order valence-corrected chi connectivity index (χ2v) is 5.74. The predicted molar refractivity (Wildman–Crippen MR) is 87.7 cm³/mol. The number of hydrogen-bond donors (Lipinski definition) is 0. The number of benzene rings is 1. The van der Waals surface area contributed by atoms with Gasteiger partial charge in [-0.05, 0) is 24.6 Å². The summed E-state index contributed by atoms with van der Waals surface area (Å²) in [5.74, 6) is -3.78. The summed E-state index contributed by atoms with van der Waals surface area (Å²) in [4.78, 5) is 42.9. The van der Waals surface area contributed by atoms with Gasteiger partial charge in [0.25, 0.3) is 5.60 Å². The number of esters is 2. The maximum absolute atomic E-state index is 13.1. The van der Waals surface area contributed by atoms with Crippen molar-refractivity contribution in [3.05, 3.63) is 28.5 Å². The highest BCUT2D eigenvalue weighted by atomic mass is 16.9. The first-order chi connectivity index (χ1) is 12.9. The van der Waals surface area contributed by atoms with Crippen molar-refractivity contribution < 1.29 is 43.1 Å². The predicted octanol–water partition coefficient (Wildman–Crippen LogP) is 0.355. The molecule has 1 aromatic rings. The fraction of sp³-hybridized carbons (Fsp3) is 0.412. The normalized spacial score (nSPS) is 22.7. The van der Waals surface area contributed by atoms with E-state index in [0.29, 0.717) is 0 Å². The van der Waals surface area contributed by atoms with E-state index in [1.54, 1.807) is 0 Å². The molecule has 0 radical (unpaired) electrons. The van der Waals surface area contributed by atoms with Crippen molar-refractivity contribution in [2.45, 2.75) is 18.4 Å². The summed E-state index contributed by atoms with van der Waals surface area (Å²) in [6.45, 7) is 1.48. The van der Waals surface area contributed by atoms with E-state index in [1.165, 1.54) is 33.3 Å². The number of methoxy groups -OCH3 is 3. The molecule has 0 amide bonds. The van der Waals surface area contributed by atoms with Crippen LogP contribution >= 0.6 is 0 Å². The molecular weight excluding hydrogens is 362 g/mol. The third-order valence-electron chi connectivity index (χ3n) is 4.53. The molecule has 0 N–H and O–H groups in total. The maximum Gasteiger partial charge on any atom is 0.405 e. The summed E-state index contributed by atoms with van der Waals surface area (Å²) in [5, 5.41) is 12.3. The summed E-state index contributed by atoms with van der Waals surface area (Å²) in [6, 6.07) is 2.78. The first-order valence-corrected chi connectivity index (χ1v) is 7.96. The summed E-state index contributed by atoms with van der Waals surface area (Å²) in [7, 11) is 3.84. The van der Waals surface area contributed by atoms with Crippen molar-refractivity contribution in [2.75, 3.05) is 27.9 Å². The molecule has 2 aliphatic rings. The number of carbonyl (C=O) groups is 3. The van der Waals surface area contributed by atoms with Crippen LogP contribution in [0.2, 0.25) is 0 Å². The Kier molecular flexibility index (Phi) is 4.42. The second-order valence-electron chi connectivity index (χ2n) is 5.74. The fourth-order valence-corrected chi connectivity index (χ4v) is 3.38. The summed E-state index contributed by atoms with van der Waals surface area (Å²) in [6.07, 6.45) is 0. The highest BCUT2D eigenvalue weighted by Gasteiger charge is 2.70. The molecule has 0 spiro atoms. The molecule has 1 aromatic carbocycles. The van der Waals surface area contributed by atoms with Crippen molar-refractivity contribution in [1.29, 1.82) is 0 Å². The lowest BCUT2D eigenvalue weighted by molar-refractivity contribution is -0.743. The van der Waals surface area contributed by atoms with Crippen LogP contribution in [0.1, 0.15) is 28.8 Å². The highest BCUT2D eigenvalue weighted by molar-refractivity contribution is 6.41. The van der Waals surface area contributed by atoms with Crippen LogP contribution in [0.4, 0.5) is 0 Å². The second kappa shape index (κ2) is 6.45. The molecule has 0 saturated carbocycles. The zero-order chi connectivity index (χ0) is 19.9. The zero-order valence-corrected chi connectivity index (χ0v) is 15.1. The molecule has 2 atom stereocenters. The fourth-order valence-electron chi connectivity index (χ4n) is 3.38. The molecule has 1 aliphatic carbocycles. The minimum absolute atomic E-state index is 0.0557. The van der Waals surface area contributed by atoms with E-state index in [2.05, 4.69) is 4.74 Å². The largest absolute Gasteiger partial charge is 0.493 e. The van der Waals surface area contributed by atoms with Gasteiger partial charge in [0.2, 0.25) is 0 Å². The molecule has 144 valence electrons. The Bertz CT molecular complexity index is 875. The Balaban J connectivity index is 2.29. The first kappa shape index (κ1) is 18.5. The highest BCUT2D eigenvalue weighted by Crippen LogP contribution is 2.51. The van der Waals surface area contributed by atoms with Gasteiger partial charge in [-0.1, -0.05) is 0 Å². The molecule has 0 fully saturated rings. The van der Waals surface area contributed by atoms with E-state index < -0.39 is 35.0 Å². The van der Waals surface area contributed by atoms with Crippen LogP contribution in [-0.4, -0.2) is 61.9 Å². The quantitative estimate of drug-likeness (QED) is 0.405. The third kappa shape index (κ3) is 2.32. The van der Waals surface area contributed by atoms with E-state index >= 15 is 0 Å². The van der Waals surface area contributed by atoms with Gasteiger partial charge >= 0.3 is 17.7 Å². The number of ether oxygens (including phenoxy) is 4. The van der Waals surface area contributed by atoms with Gasteiger partial charge in [-0.3, -0.25) is 10.0 Å². The smallest absolute Gasteiger partial charge is 0.405 e. The van der Waals surface area contributed by atoms with Gasteiger partial charge in [0.15, 0.2) is 17.3 Å². The molecule has 0 saturated heterocycles. The third-order valence-corrected chi connectivity index (χ3v) is 4.53. The molecule has 0 aromatic heterocycles. The van der Waals surface area contributed by atoms with E-state index in [4.69, 9.17) is 19.0 Å². The minimum atomic E-state index is -2.35. The summed E-state index contributed by atoms with van der Waals surface area (Å²) in [5.41, 5.74) is -2.63.